The zero-order valence-corrected chi connectivity index (χ0v) is 19.0. The van der Waals surface area contributed by atoms with E-state index in [-0.39, 0.29) is 30.1 Å². The number of nitrogens with two attached hydrogens (primary N) is 1. The normalized spacial score (nSPS) is 12.2. The Hall–Kier alpha value is -4.65. The molecule has 0 radical (unpaired) electrons. The average Bonchev–Trinajstić information content (AvgIpc) is 3.44. The SMILES string of the molecule is CN(C)c1ccc(N=Nc2cccc(Cn3nnc(-c4o[nH]c(=O)c4CC(N)C(=O)O)n3)c2)cc1. The Bertz CT molecular complexity index is 1400. The quantitative estimate of drug-likeness (QED) is 0.304. The number of benzene rings is 2. The summed E-state index contributed by atoms with van der Waals surface area (Å²) in [5, 5.41) is 31.9. The van der Waals surface area contributed by atoms with E-state index < -0.39 is 17.6 Å². The van der Waals surface area contributed by atoms with E-state index in [1.54, 1.807) is 0 Å². The van der Waals surface area contributed by atoms with Gasteiger partial charge in [0, 0.05) is 26.2 Å². The van der Waals surface area contributed by atoms with E-state index >= 15 is 0 Å². The van der Waals surface area contributed by atoms with Crippen LogP contribution in [0.5, 0.6) is 0 Å². The van der Waals surface area contributed by atoms with Crippen molar-refractivity contribution in [1.82, 2.24) is 25.4 Å². The molecule has 1 unspecified atom stereocenters. The van der Waals surface area contributed by atoms with Crippen LogP contribution < -0.4 is 16.2 Å². The van der Waals surface area contributed by atoms with Gasteiger partial charge in [-0.15, -0.1) is 10.2 Å². The molecule has 2 heterocycles. The van der Waals surface area contributed by atoms with Crippen molar-refractivity contribution in [2.24, 2.45) is 16.0 Å². The summed E-state index contributed by atoms with van der Waals surface area (Å²) in [5.74, 6) is -1.20. The van der Waals surface area contributed by atoms with Gasteiger partial charge in [0.05, 0.1) is 23.5 Å². The van der Waals surface area contributed by atoms with Crippen LogP contribution in [0, 0.1) is 0 Å². The lowest BCUT2D eigenvalue weighted by Gasteiger charge is -2.11. The van der Waals surface area contributed by atoms with Crippen LogP contribution in [0.2, 0.25) is 0 Å². The Balaban J connectivity index is 1.47. The zero-order valence-electron chi connectivity index (χ0n) is 19.0. The second-order valence-corrected chi connectivity index (χ2v) is 7.91. The number of rotatable bonds is 9. The van der Waals surface area contributed by atoms with Gasteiger partial charge in [-0.25, -0.2) is 0 Å². The summed E-state index contributed by atoms with van der Waals surface area (Å²) in [5.41, 5.74) is 8.30. The van der Waals surface area contributed by atoms with Crippen molar-refractivity contribution < 1.29 is 14.4 Å². The minimum Gasteiger partial charge on any atom is -0.480 e. The monoisotopic (exact) mass is 477 g/mol. The molecule has 1 atom stereocenters. The summed E-state index contributed by atoms with van der Waals surface area (Å²) in [6, 6.07) is 13.8. The first-order valence-corrected chi connectivity index (χ1v) is 10.5. The van der Waals surface area contributed by atoms with Crippen LogP contribution in [-0.2, 0) is 17.8 Å². The van der Waals surface area contributed by atoms with Crippen molar-refractivity contribution in [3.05, 3.63) is 70.0 Å². The standard InChI is InChI=1S/C22H23N9O4/c1-30(2)16-8-6-14(7-9-16)24-25-15-5-3-4-13(10-15)12-31-27-20(26-29-31)19-17(21(32)28-35-19)11-18(23)22(33)34/h3-10,18H,11-12,23H2,1-2H3,(H,28,32)(H,33,34). The molecule has 13 heteroatoms. The lowest BCUT2D eigenvalue weighted by Crippen LogP contribution is -2.33. The summed E-state index contributed by atoms with van der Waals surface area (Å²) in [7, 11) is 3.94. The van der Waals surface area contributed by atoms with Gasteiger partial charge in [0.25, 0.3) is 5.56 Å². The molecule has 0 amide bonds. The van der Waals surface area contributed by atoms with Crippen molar-refractivity contribution in [1.29, 1.82) is 0 Å². The van der Waals surface area contributed by atoms with E-state index in [9.17, 15) is 9.59 Å². The first-order valence-electron chi connectivity index (χ1n) is 10.5. The highest BCUT2D eigenvalue weighted by Gasteiger charge is 2.24. The maximum Gasteiger partial charge on any atom is 0.320 e. The number of tetrazole rings is 1. The molecule has 4 N–H and O–H groups in total. The van der Waals surface area contributed by atoms with Crippen molar-refractivity contribution in [3.63, 3.8) is 0 Å². The van der Waals surface area contributed by atoms with Crippen LogP contribution in [0.1, 0.15) is 11.1 Å². The van der Waals surface area contributed by atoms with Crippen LogP contribution in [-0.4, -0.2) is 56.6 Å². The Morgan fingerprint density at radius 3 is 2.66 bits per heavy atom. The molecule has 2 aromatic heterocycles. The Labute approximate surface area is 198 Å². The highest BCUT2D eigenvalue weighted by molar-refractivity contribution is 5.74. The summed E-state index contributed by atoms with van der Waals surface area (Å²) in [6.07, 6.45) is -0.240. The third-order valence-electron chi connectivity index (χ3n) is 5.07. The topological polar surface area (TPSA) is 181 Å². The van der Waals surface area contributed by atoms with Crippen LogP contribution >= 0.6 is 0 Å². The lowest BCUT2D eigenvalue weighted by atomic mass is 10.1. The van der Waals surface area contributed by atoms with Crippen LogP contribution in [0.25, 0.3) is 11.6 Å². The number of aromatic amines is 1. The van der Waals surface area contributed by atoms with Gasteiger partial charge in [-0.3, -0.25) is 9.59 Å². The van der Waals surface area contributed by atoms with E-state index in [1.807, 2.05) is 67.5 Å². The number of hydrogen-bond acceptors (Lipinski definition) is 10. The summed E-state index contributed by atoms with van der Waals surface area (Å²) < 4.78 is 5.14. The minimum absolute atomic E-state index is 0.000728. The molecule has 4 rings (SSSR count). The van der Waals surface area contributed by atoms with E-state index in [0.29, 0.717) is 5.69 Å². The Morgan fingerprint density at radius 2 is 1.94 bits per heavy atom. The molecule has 13 nitrogen and oxygen atoms in total. The number of aliphatic carboxylic acids is 1. The van der Waals surface area contributed by atoms with Crippen molar-refractivity contribution in [2.75, 3.05) is 19.0 Å². The highest BCUT2D eigenvalue weighted by Crippen LogP contribution is 2.22. The number of azo groups is 1. The largest absolute Gasteiger partial charge is 0.480 e. The third kappa shape index (κ3) is 5.65. The number of carboxylic acids is 1. The third-order valence-corrected chi connectivity index (χ3v) is 5.07. The van der Waals surface area contributed by atoms with Gasteiger partial charge in [0.1, 0.15) is 6.04 Å². The number of nitrogens with zero attached hydrogens (tertiary/aromatic N) is 7. The zero-order chi connectivity index (χ0) is 24.9. The number of nitrogens with one attached hydrogen (secondary N) is 1. The molecule has 180 valence electrons. The molecule has 35 heavy (non-hydrogen) atoms. The number of hydrogen-bond donors (Lipinski definition) is 3. The van der Waals surface area contributed by atoms with E-state index in [0.717, 1.165) is 16.9 Å². The number of carboxylic acid groups (broad SMARTS) is 1. The molecule has 0 spiro atoms. The van der Waals surface area contributed by atoms with Gasteiger partial charge in [-0.2, -0.15) is 20.2 Å². The van der Waals surface area contributed by atoms with Gasteiger partial charge >= 0.3 is 5.97 Å². The van der Waals surface area contributed by atoms with Crippen LogP contribution in [0.4, 0.5) is 17.1 Å². The van der Waals surface area contributed by atoms with Gasteiger partial charge in [0.15, 0.2) is 0 Å². The Kier molecular flexibility index (Phi) is 6.78. The molecular formula is C22H23N9O4. The van der Waals surface area contributed by atoms with Crippen LogP contribution in [0.15, 0.2) is 68.1 Å². The second-order valence-electron chi connectivity index (χ2n) is 7.91. The molecule has 0 aliphatic rings. The first kappa shape index (κ1) is 23.5. The van der Waals surface area contributed by atoms with Crippen molar-refractivity contribution in [2.45, 2.75) is 19.0 Å². The molecule has 0 aliphatic heterocycles. The highest BCUT2D eigenvalue weighted by atomic mass is 16.5. The van der Waals surface area contributed by atoms with Gasteiger partial charge in [-0.05, 0) is 47.2 Å². The number of aromatic nitrogens is 5. The van der Waals surface area contributed by atoms with E-state index in [4.69, 9.17) is 15.4 Å². The molecule has 4 aromatic rings. The molecule has 0 bridgehead atoms. The number of carbonyl (C=O) groups is 1. The fraction of sp³-hybridized carbons (Fsp3) is 0.227. The maximum atomic E-state index is 12.0. The van der Waals surface area contributed by atoms with Gasteiger partial charge in [0.2, 0.25) is 11.6 Å². The van der Waals surface area contributed by atoms with Gasteiger partial charge in [-0.1, -0.05) is 12.1 Å². The van der Waals surface area contributed by atoms with E-state index in [2.05, 4.69) is 30.8 Å². The molecular weight excluding hydrogens is 454 g/mol. The van der Waals surface area contributed by atoms with Crippen LogP contribution in [0.3, 0.4) is 0 Å². The second kappa shape index (κ2) is 10.1. The van der Waals surface area contributed by atoms with Crippen molar-refractivity contribution in [3.8, 4) is 11.6 Å². The molecule has 2 aromatic carbocycles. The van der Waals surface area contributed by atoms with E-state index in [1.165, 1.54) is 4.80 Å². The average molecular weight is 477 g/mol. The maximum absolute atomic E-state index is 12.0. The molecule has 0 fully saturated rings. The lowest BCUT2D eigenvalue weighted by molar-refractivity contribution is -0.138. The molecule has 0 aliphatic carbocycles. The molecule has 0 saturated carbocycles. The summed E-state index contributed by atoms with van der Waals surface area (Å²) in [6.45, 7) is 0.270. The Morgan fingerprint density at radius 1 is 1.20 bits per heavy atom. The first-order chi connectivity index (χ1) is 16.8. The smallest absolute Gasteiger partial charge is 0.320 e. The number of anilines is 1. The molecule has 0 saturated heterocycles. The number of H-pyrrole nitrogens is 1. The predicted octanol–water partition coefficient (Wildman–Crippen LogP) is 2.11. The fourth-order valence-corrected chi connectivity index (χ4v) is 3.21. The summed E-state index contributed by atoms with van der Waals surface area (Å²) in [4.78, 5) is 26.4. The van der Waals surface area contributed by atoms with Crippen molar-refractivity contribution >= 4 is 23.0 Å². The minimum atomic E-state index is -1.27. The predicted molar refractivity (Wildman–Crippen MR) is 126 cm³/mol. The van der Waals surface area contributed by atoms with Gasteiger partial charge < -0.3 is 20.3 Å². The summed E-state index contributed by atoms with van der Waals surface area (Å²) >= 11 is 0. The fourth-order valence-electron chi connectivity index (χ4n) is 3.21.